The Hall–Kier alpha value is -1.39. The van der Waals surface area contributed by atoms with Gasteiger partial charge in [0.2, 0.25) is 0 Å². The maximum atomic E-state index is 10.6. The van der Waals surface area contributed by atoms with Crippen LogP contribution in [0.3, 0.4) is 0 Å². The summed E-state index contributed by atoms with van der Waals surface area (Å²) in [6, 6.07) is 9.02. The van der Waals surface area contributed by atoms with E-state index in [9.17, 15) is 4.79 Å². The van der Waals surface area contributed by atoms with E-state index in [-0.39, 0.29) is 12.2 Å². The Morgan fingerprint density at radius 2 is 2.00 bits per heavy atom. The van der Waals surface area contributed by atoms with Crippen LogP contribution in [0.1, 0.15) is 37.4 Å². The van der Waals surface area contributed by atoms with Gasteiger partial charge in [0.1, 0.15) is 6.61 Å². The Bertz CT molecular complexity index is 463. The van der Waals surface area contributed by atoms with E-state index in [0.29, 0.717) is 6.04 Å². The highest BCUT2D eigenvalue weighted by atomic mass is 16.5. The predicted molar refractivity (Wildman–Crippen MR) is 77.8 cm³/mol. The minimum Gasteiger partial charge on any atom is -0.480 e. The van der Waals surface area contributed by atoms with Crippen molar-refractivity contribution in [2.24, 2.45) is 0 Å². The van der Waals surface area contributed by atoms with Gasteiger partial charge in [-0.3, -0.25) is 4.90 Å². The van der Waals surface area contributed by atoms with Gasteiger partial charge in [0.05, 0.1) is 5.60 Å². The number of likely N-dealkylation sites (tertiary alicyclic amines) is 1. The molecular weight excluding hydrogens is 254 g/mol. The smallest absolute Gasteiger partial charge is 0.329 e. The fourth-order valence-corrected chi connectivity index (χ4v) is 2.85. The van der Waals surface area contributed by atoms with Crippen molar-refractivity contribution in [2.45, 2.75) is 38.8 Å². The van der Waals surface area contributed by atoms with E-state index < -0.39 is 5.97 Å². The summed E-state index contributed by atoms with van der Waals surface area (Å²) in [5.74, 6) is -0.907. The molecule has 4 nitrogen and oxygen atoms in total. The largest absolute Gasteiger partial charge is 0.480 e. The standard InChI is InChI=1S/C16H23NO3/c1-4-14(13-7-5-12(2)6-8-13)17-10-16(3,11-17)20-9-15(18)19/h5-8,14H,4,9-11H2,1-3H3,(H,18,19). The van der Waals surface area contributed by atoms with Crippen molar-refractivity contribution < 1.29 is 14.6 Å². The first-order valence-electron chi connectivity index (χ1n) is 7.10. The van der Waals surface area contributed by atoms with Gasteiger partial charge in [0.25, 0.3) is 0 Å². The van der Waals surface area contributed by atoms with E-state index in [1.54, 1.807) is 0 Å². The van der Waals surface area contributed by atoms with Crippen LogP contribution in [0, 0.1) is 6.92 Å². The highest BCUT2D eigenvalue weighted by Gasteiger charge is 2.43. The zero-order valence-corrected chi connectivity index (χ0v) is 12.4. The molecule has 1 aliphatic heterocycles. The number of carbonyl (C=O) groups is 1. The minimum atomic E-state index is -0.907. The summed E-state index contributed by atoms with van der Waals surface area (Å²) in [4.78, 5) is 12.9. The summed E-state index contributed by atoms with van der Waals surface area (Å²) in [6.07, 6.45) is 1.04. The van der Waals surface area contributed by atoms with Crippen LogP contribution in [0.15, 0.2) is 24.3 Å². The molecule has 0 aromatic heterocycles. The Morgan fingerprint density at radius 1 is 1.40 bits per heavy atom. The van der Waals surface area contributed by atoms with Gasteiger partial charge in [-0.2, -0.15) is 0 Å². The van der Waals surface area contributed by atoms with Crippen LogP contribution in [-0.2, 0) is 9.53 Å². The molecule has 1 unspecified atom stereocenters. The third-order valence-corrected chi connectivity index (χ3v) is 3.91. The van der Waals surface area contributed by atoms with Gasteiger partial charge in [-0.05, 0) is 25.8 Å². The minimum absolute atomic E-state index is 0.217. The first-order chi connectivity index (χ1) is 9.43. The van der Waals surface area contributed by atoms with Crippen LogP contribution < -0.4 is 0 Å². The van der Waals surface area contributed by atoms with Gasteiger partial charge in [-0.15, -0.1) is 0 Å². The molecule has 0 spiro atoms. The fraction of sp³-hybridized carbons (Fsp3) is 0.562. The summed E-state index contributed by atoms with van der Waals surface area (Å²) in [5, 5.41) is 8.68. The molecule has 1 N–H and O–H groups in total. The number of benzene rings is 1. The Labute approximate surface area is 120 Å². The number of ether oxygens (including phenoxy) is 1. The maximum Gasteiger partial charge on any atom is 0.329 e. The fourth-order valence-electron chi connectivity index (χ4n) is 2.85. The number of hydrogen-bond donors (Lipinski definition) is 1. The lowest BCUT2D eigenvalue weighted by Gasteiger charge is -2.51. The zero-order valence-electron chi connectivity index (χ0n) is 12.4. The molecule has 110 valence electrons. The number of nitrogens with zero attached hydrogens (tertiary/aromatic N) is 1. The maximum absolute atomic E-state index is 10.6. The van der Waals surface area contributed by atoms with Crippen LogP contribution >= 0.6 is 0 Å². The molecule has 1 aromatic carbocycles. The number of aliphatic carboxylic acids is 1. The van der Waals surface area contributed by atoms with E-state index >= 15 is 0 Å². The number of hydrogen-bond acceptors (Lipinski definition) is 3. The van der Waals surface area contributed by atoms with E-state index in [1.165, 1.54) is 11.1 Å². The van der Waals surface area contributed by atoms with Crippen LogP contribution in [0.2, 0.25) is 0 Å². The molecule has 4 heteroatoms. The topological polar surface area (TPSA) is 49.8 Å². The molecule has 0 radical (unpaired) electrons. The second-order valence-corrected chi connectivity index (χ2v) is 5.87. The van der Waals surface area contributed by atoms with Crippen molar-refractivity contribution in [2.75, 3.05) is 19.7 Å². The second-order valence-electron chi connectivity index (χ2n) is 5.87. The van der Waals surface area contributed by atoms with E-state index in [2.05, 4.69) is 43.0 Å². The van der Waals surface area contributed by atoms with Crippen molar-refractivity contribution in [1.82, 2.24) is 4.90 Å². The van der Waals surface area contributed by atoms with Gasteiger partial charge in [-0.25, -0.2) is 4.79 Å². The molecule has 1 fully saturated rings. The molecule has 1 saturated heterocycles. The van der Waals surface area contributed by atoms with Crippen molar-refractivity contribution in [3.8, 4) is 0 Å². The lowest BCUT2D eigenvalue weighted by Crippen LogP contribution is -2.62. The molecule has 0 aliphatic carbocycles. The van der Waals surface area contributed by atoms with Crippen molar-refractivity contribution in [3.63, 3.8) is 0 Å². The molecule has 1 heterocycles. The average molecular weight is 277 g/mol. The average Bonchev–Trinajstić information content (AvgIpc) is 2.37. The van der Waals surface area contributed by atoms with Gasteiger partial charge in [-0.1, -0.05) is 36.8 Å². The third-order valence-electron chi connectivity index (χ3n) is 3.91. The van der Waals surface area contributed by atoms with Crippen LogP contribution in [0.4, 0.5) is 0 Å². The van der Waals surface area contributed by atoms with E-state index in [4.69, 9.17) is 9.84 Å². The third kappa shape index (κ3) is 3.38. The Morgan fingerprint density at radius 3 is 2.50 bits per heavy atom. The first kappa shape index (κ1) is 15.0. The first-order valence-corrected chi connectivity index (χ1v) is 7.10. The number of rotatable bonds is 6. The summed E-state index contributed by atoms with van der Waals surface area (Å²) < 4.78 is 5.47. The van der Waals surface area contributed by atoms with Crippen molar-refractivity contribution >= 4 is 5.97 Å². The highest BCUT2D eigenvalue weighted by Crippen LogP contribution is 2.35. The van der Waals surface area contributed by atoms with Crippen LogP contribution in [0.25, 0.3) is 0 Å². The van der Waals surface area contributed by atoms with Crippen molar-refractivity contribution in [3.05, 3.63) is 35.4 Å². The molecule has 0 saturated carbocycles. The zero-order chi connectivity index (χ0) is 14.8. The molecule has 0 amide bonds. The lowest BCUT2D eigenvalue weighted by molar-refractivity contribution is -0.170. The predicted octanol–water partition coefficient (Wildman–Crippen LogP) is 2.62. The summed E-state index contributed by atoms with van der Waals surface area (Å²) in [7, 11) is 0. The van der Waals surface area contributed by atoms with Gasteiger partial charge in [0, 0.05) is 19.1 Å². The number of aryl methyl sites for hydroxylation is 1. The summed E-state index contributed by atoms with van der Waals surface area (Å²) >= 11 is 0. The quantitative estimate of drug-likeness (QED) is 0.868. The Balaban J connectivity index is 1.95. The number of carboxylic acid groups (broad SMARTS) is 1. The molecular formula is C16H23NO3. The molecule has 1 aliphatic rings. The highest BCUT2D eigenvalue weighted by molar-refractivity contribution is 5.68. The Kier molecular flexibility index (Phi) is 4.45. The van der Waals surface area contributed by atoms with Crippen molar-refractivity contribution in [1.29, 1.82) is 0 Å². The summed E-state index contributed by atoms with van der Waals surface area (Å²) in [6.45, 7) is 7.60. The van der Waals surface area contributed by atoms with Crippen LogP contribution in [-0.4, -0.2) is 41.3 Å². The molecule has 20 heavy (non-hydrogen) atoms. The van der Waals surface area contributed by atoms with Gasteiger partial charge >= 0.3 is 5.97 Å². The molecule has 0 bridgehead atoms. The summed E-state index contributed by atoms with van der Waals surface area (Å²) in [5.41, 5.74) is 2.26. The molecule has 1 aromatic rings. The van der Waals surface area contributed by atoms with Crippen LogP contribution in [0.5, 0.6) is 0 Å². The van der Waals surface area contributed by atoms with Gasteiger partial charge < -0.3 is 9.84 Å². The molecule has 2 rings (SSSR count). The van der Waals surface area contributed by atoms with E-state index in [1.807, 2.05) is 6.92 Å². The normalized spacial score (nSPS) is 19.4. The molecule has 1 atom stereocenters. The SMILES string of the molecule is CCC(c1ccc(C)cc1)N1CC(C)(OCC(=O)O)C1. The monoisotopic (exact) mass is 277 g/mol. The van der Waals surface area contributed by atoms with E-state index in [0.717, 1.165) is 19.5 Å². The van der Waals surface area contributed by atoms with Gasteiger partial charge in [0.15, 0.2) is 0 Å². The second kappa shape index (κ2) is 5.94. The number of carboxylic acids is 1. The lowest BCUT2D eigenvalue weighted by atomic mass is 9.90.